The van der Waals surface area contributed by atoms with Crippen molar-refractivity contribution in [3.8, 4) is 0 Å². The van der Waals surface area contributed by atoms with Crippen molar-refractivity contribution in [3.05, 3.63) is 11.9 Å². The first-order chi connectivity index (χ1) is 7.09. The second-order valence-corrected chi connectivity index (χ2v) is 3.19. The molecule has 0 amide bonds. The van der Waals surface area contributed by atoms with Gasteiger partial charge in [-0.05, 0) is 0 Å². The standard InChI is InChI=1S/C8H9N3O4/c9-4-3-11(10-6(4)7(12)13)5-1-2-15-8(5)14/h3,5H,1-2,9H2,(H,12,13). The van der Waals surface area contributed by atoms with Crippen molar-refractivity contribution >= 4 is 17.6 Å². The molecule has 0 radical (unpaired) electrons. The number of rotatable bonds is 2. The summed E-state index contributed by atoms with van der Waals surface area (Å²) in [6.07, 6.45) is 1.82. The number of nitrogens with two attached hydrogens (primary N) is 1. The molecular formula is C8H9N3O4. The molecule has 7 nitrogen and oxygen atoms in total. The molecule has 1 aromatic heterocycles. The Bertz CT molecular complexity index is 426. The molecule has 0 bridgehead atoms. The number of carbonyl (C=O) groups excluding carboxylic acids is 1. The Hall–Kier alpha value is -2.05. The number of carbonyl (C=O) groups is 2. The van der Waals surface area contributed by atoms with E-state index in [1.807, 2.05) is 0 Å². The van der Waals surface area contributed by atoms with Gasteiger partial charge in [-0.25, -0.2) is 9.59 Å². The second kappa shape index (κ2) is 3.26. The molecule has 0 aromatic carbocycles. The van der Waals surface area contributed by atoms with Crippen LogP contribution in [-0.2, 0) is 9.53 Å². The van der Waals surface area contributed by atoms with Crippen LogP contribution in [0.3, 0.4) is 0 Å². The first-order valence-corrected chi connectivity index (χ1v) is 4.34. The van der Waals surface area contributed by atoms with Gasteiger partial charge in [0.2, 0.25) is 0 Å². The summed E-state index contributed by atoms with van der Waals surface area (Å²) in [5.74, 6) is -1.62. The van der Waals surface area contributed by atoms with Crippen LogP contribution < -0.4 is 5.73 Å². The molecule has 1 atom stereocenters. The number of aromatic nitrogens is 2. The average molecular weight is 211 g/mol. The summed E-state index contributed by atoms with van der Waals surface area (Å²) in [4.78, 5) is 21.9. The van der Waals surface area contributed by atoms with E-state index in [1.165, 1.54) is 10.9 Å². The zero-order valence-electron chi connectivity index (χ0n) is 7.71. The molecule has 0 spiro atoms. The normalized spacial score (nSPS) is 20.3. The van der Waals surface area contributed by atoms with Crippen LogP contribution in [0.25, 0.3) is 0 Å². The SMILES string of the molecule is Nc1cn(C2CCOC2=O)nc1C(=O)O. The molecule has 2 heterocycles. The van der Waals surface area contributed by atoms with Crippen molar-refractivity contribution < 1.29 is 19.4 Å². The van der Waals surface area contributed by atoms with Gasteiger partial charge in [-0.3, -0.25) is 4.68 Å². The minimum atomic E-state index is -1.21. The number of nitrogen functional groups attached to an aromatic ring is 1. The van der Waals surface area contributed by atoms with Gasteiger partial charge in [-0.1, -0.05) is 0 Å². The van der Waals surface area contributed by atoms with Gasteiger partial charge in [0.25, 0.3) is 0 Å². The third kappa shape index (κ3) is 1.51. The van der Waals surface area contributed by atoms with Gasteiger partial charge >= 0.3 is 11.9 Å². The maximum atomic E-state index is 11.2. The van der Waals surface area contributed by atoms with E-state index in [9.17, 15) is 9.59 Å². The number of esters is 1. The van der Waals surface area contributed by atoms with E-state index in [4.69, 9.17) is 15.6 Å². The van der Waals surface area contributed by atoms with Gasteiger partial charge in [0.05, 0.1) is 12.3 Å². The highest BCUT2D eigenvalue weighted by molar-refractivity contribution is 5.91. The van der Waals surface area contributed by atoms with E-state index >= 15 is 0 Å². The Morgan fingerprint density at radius 3 is 2.93 bits per heavy atom. The van der Waals surface area contributed by atoms with Gasteiger partial charge in [0.1, 0.15) is 0 Å². The summed E-state index contributed by atoms with van der Waals surface area (Å²) in [6, 6.07) is -0.555. The molecule has 0 aliphatic carbocycles. The van der Waals surface area contributed by atoms with Crippen molar-refractivity contribution in [2.45, 2.75) is 12.5 Å². The summed E-state index contributed by atoms with van der Waals surface area (Å²) >= 11 is 0. The summed E-state index contributed by atoms with van der Waals surface area (Å²) in [7, 11) is 0. The van der Waals surface area contributed by atoms with E-state index in [2.05, 4.69) is 5.10 Å². The third-order valence-corrected chi connectivity index (χ3v) is 2.19. The van der Waals surface area contributed by atoms with Crippen LogP contribution in [-0.4, -0.2) is 33.4 Å². The first-order valence-electron chi connectivity index (χ1n) is 4.34. The highest BCUT2D eigenvalue weighted by Crippen LogP contribution is 2.22. The topological polar surface area (TPSA) is 107 Å². The fourth-order valence-electron chi connectivity index (χ4n) is 1.46. The minimum absolute atomic E-state index is 0.0437. The molecule has 80 valence electrons. The lowest BCUT2D eigenvalue weighted by Gasteiger charge is -2.04. The number of carboxylic acids is 1. The average Bonchev–Trinajstić information content (AvgIpc) is 2.71. The fourth-order valence-corrected chi connectivity index (χ4v) is 1.46. The summed E-state index contributed by atoms with van der Waals surface area (Å²) in [5.41, 5.74) is 5.24. The predicted octanol–water partition coefficient (Wildman–Crippen LogP) is -0.349. The number of cyclic esters (lactones) is 1. The molecule has 1 aromatic rings. The summed E-state index contributed by atoms with van der Waals surface area (Å²) < 4.78 is 5.99. The van der Waals surface area contributed by atoms with Crippen molar-refractivity contribution in [2.24, 2.45) is 0 Å². The van der Waals surface area contributed by atoms with Gasteiger partial charge in [-0.15, -0.1) is 0 Å². The predicted molar refractivity (Wildman–Crippen MR) is 48.2 cm³/mol. The Kier molecular flexibility index (Phi) is 2.07. The lowest BCUT2D eigenvalue weighted by Crippen LogP contribution is -2.15. The van der Waals surface area contributed by atoms with Gasteiger partial charge in [0.15, 0.2) is 11.7 Å². The highest BCUT2D eigenvalue weighted by atomic mass is 16.5. The number of nitrogens with zero attached hydrogens (tertiary/aromatic N) is 2. The lowest BCUT2D eigenvalue weighted by atomic mass is 10.2. The van der Waals surface area contributed by atoms with E-state index in [1.54, 1.807) is 0 Å². The van der Waals surface area contributed by atoms with Crippen molar-refractivity contribution in [1.82, 2.24) is 9.78 Å². The zero-order chi connectivity index (χ0) is 11.0. The van der Waals surface area contributed by atoms with Crippen LogP contribution in [0, 0.1) is 0 Å². The Morgan fingerprint density at radius 1 is 1.73 bits per heavy atom. The number of hydrogen-bond acceptors (Lipinski definition) is 5. The zero-order valence-corrected chi connectivity index (χ0v) is 7.71. The van der Waals surface area contributed by atoms with Crippen LogP contribution in [0.5, 0.6) is 0 Å². The quantitative estimate of drug-likeness (QED) is 0.647. The molecule has 0 saturated carbocycles. The number of hydrogen-bond donors (Lipinski definition) is 2. The molecule has 1 aliphatic rings. The van der Waals surface area contributed by atoms with E-state index in [0.29, 0.717) is 13.0 Å². The maximum Gasteiger partial charge on any atom is 0.358 e. The molecule has 15 heavy (non-hydrogen) atoms. The van der Waals surface area contributed by atoms with E-state index < -0.39 is 18.0 Å². The molecular weight excluding hydrogens is 202 g/mol. The molecule has 1 unspecified atom stereocenters. The van der Waals surface area contributed by atoms with Crippen LogP contribution in [0.1, 0.15) is 23.0 Å². The van der Waals surface area contributed by atoms with Crippen molar-refractivity contribution in [1.29, 1.82) is 0 Å². The van der Waals surface area contributed by atoms with Crippen molar-refractivity contribution in [3.63, 3.8) is 0 Å². The molecule has 1 aliphatic heterocycles. The van der Waals surface area contributed by atoms with Crippen LogP contribution in [0.4, 0.5) is 5.69 Å². The van der Waals surface area contributed by atoms with Gasteiger partial charge in [-0.2, -0.15) is 5.10 Å². The minimum Gasteiger partial charge on any atom is -0.476 e. The smallest absolute Gasteiger partial charge is 0.358 e. The number of carboxylic acid groups (broad SMARTS) is 1. The number of ether oxygens (including phenoxy) is 1. The number of anilines is 1. The maximum absolute atomic E-state index is 11.2. The third-order valence-electron chi connectivity index (χ3n) is 2.19. The molecule has 2 rings (SSSR count). The molecule has 3 N–H and O–H groups in total. The fraction of sp³-hybridized carbons (Fsp3) is 0.375. The second-order valence-electron chi connectivity index (χ2n) is 3.19. The summed E-state index contributed by atoms with van der Waals surface area (Å²) in [5, 5.41) is 12.4. The monoisotopic (exact) mass is 211 g/mol. The highest BCUT2D eigenvalue weighted by Gasteiger charge is 2.30. The molecule has 1 saturated heterocycles. The van der Waals surface area contributed by atoms with Gasteiger partial charge in [0, 0.05) is 12.6 Å². The Labute approximate surface area is 84.4 Å². The van der Waals surface area contributed by atoms with Gasteiger partial charge < -0.3 is 15.6 Å². The summed E-state index contributed by atoms with van der Waals surface area (Å²) in [6.45, 7) is 0.325. The lowest BCUT2D eigenvalue weighted by molar-refractivity contribution is -0.140. The number of aromatic carboxylic acids is 1. The Morgan fingerprint density at radius 2 is 2.47 bits per heavy atom. The van der Waals surface area contributed by atoms with Crippen LogP contribution >= 0.6 is 0 Å². The van der Waals surface area contributed by atoms with Crippen molar-refractivity contribution in [2.75, 3.05) is 12.3 Å². The Balaban J connectivity index is 2.33. The van der Waals surface area contributed by atoms with Crippen LogP contribution in [0.2, 0.25) is 0 Å². The van der Waals surface area contributed by atoms with Crippen LogP contribution in [0.15, 0.2) is 6.20 Å². The van der Waals surface area contributed by atoms with E-state index in [0.717, 1.165) is 0 Å². The molecule has 7 heteroatoms. The first kappa shape index (κ1) is 9.50. The van der Waals surface area contributed by atoms with E-state index in [-0.39, 0.29) is 11.4 Å². The largest absolute Gasteiger partial charge is 0.476 e. The molecule has 1 fully saturated rings.